The van der Waals surface area contributed by atoms with Gasteiger partial charge in [0.15, 0.2) is 5.84 Å². The molecule has 0 spiro atoms. The van der Waals surface area contributed by atoms with E-state index in [-0.39, 0.29) is 5.92 Å². The molecule has 1 atom stereocenters. The maximum Gasteiger partial charge on any atom is 0.168 e. The summed E-state index contributed by atoms with van der Waals surface area (Å²) in [6.07, 6.45) is 5.81. The highest BCUT2D eigenvalue weighted by Gasteiger charge is 2.20. The number of halogens is 1. The second kappa shape index (κ2) is 9.27. The Labute approximate surface area is 177 Å². The van der Waals surface area contributed by atoms with E-state index in [2.05, 4.69) is 42.6 Å². The van der Waals surface area contributed by atoms with Crippen LogP contribution in [0.15, 0.2) is 69.6 Å². The number of aryl methyl sites for hydroxylation is 1. The fourth-order valence-corrected chi connectivity index (χ4v) is 3.82. The third kappa shape index (κ3) is 5.07. The minimum atomic E-state index is 0.288. The van der Waals surface area contributed by atoms with Crippen LogP contribution in [0.4, 0.5) is 5.69 Å². The monoisotopic (exact) mass is 407 g/mol. The topological polar surface area (TPSA) is 46.0 Å². The average molecular weight is 408 g/mol. The minimum absolute atomic E-state index is 0.288. The Balaban J connectivity index is 1.74. The Morgan fingerprint density at radius 2 is 2.00 bits per heavy atom. The molecular weight excluding hydrogens is 382 g/mol. The van der Waals surface area contributed by atoms with Crippen molar-refractivity contribution < 1.29 is 4.74 Å². The van der Waals surface area contributed by atoms with Crippen LogP contribution >= 0.6 is 11.6 Å². The molecule has 2 aromatic carbocycles. The van der Waals surface area contributed by atoms with Gasteiger partial charge in [0.1, 0.15) is 11.6 Å². The number of benzene rings is 2. The first-order valence-corrected chi connectivity index (χ1v) is 10.7. The van der Waals surface area contributed by atoms with Crippen molar-refractivity contribution in [1.82, 2.24) is 0 Å². The van der Waals surface area contributed by atoms with Gasteiger partial charge in [-0.3, -0.25) is 4.99 Å². The molecule has 2 aliphatic heterocycles. The lowest BCUT2D eigenvalue weighted by atomic mass is 10.0. The molecule has 1 N–H and O–H groups in total. The van der Waals surface area contributed by atoms with Crippen molar-refractivity contribution in [3.05, 3.63) is 70.8 Å². The molecule has 0 amide bonds. The molecule has 4 rings (SSSR count). The maximum atomic E-state index is 6.53. The summed E-state index contributed by atoms with van der Waals surface area (Å²) in [6, 6.07) is 16.6. The standard InChI is InChI=1S/C24H26ClN3O/c1-2-19-11-12-22(25)24-26-16-18-7-4-10-21(15-18)29-13-5-8-17-6-3-9-20(14-17)27-23(19)28-24/h3-4,6-7,9-10,12,14-15,19H,2,5,8,11,13,16H2,1H3,(H,26,27,28). The van der Waals surface area contributed by atoms with E-state index in [1.807, 2.05) is 24.3 Å². The van der Waals surface area contributed by atoms with Gasteiger partial charge in [0.2, 0.25) is 0 Å². The van der Waals surface area contributed by atoms with E-state index in [0.29, 0.717) is 24.0 Å². The number of anilines is 1. The van der Waals surface area contributed by atoms with Gasteiger partial charge in [-0.25, -0.2) is 4.99 Å². The van der Waals surface area contributed by atoms with Crippen LogP contribution in [0.1, 0.15) is 37.3 Å². The lowest BCUT2D eigenvalue weighted by molar-refractivity contribution is 0.311. The Morgan fingerprint density at radius 1 is 1.14 bits per heavy atom. The number of ether oxygens (including phenoxy) is 1. The molecule has 4 nitrogen and oxygen atoms in total. The van der Waals surface area contributed by atoms with Crippen LogP contribution in [0.3, 0.4) is 0 Å². The molecule has 0 saturated heterocycles. The molecule has 150 valence electrons. The number of nitrogens with zero attached hydrogens (tertiary/aromatic N) is 2. The summed E-state index contributed by atoms with van der Waals surface area (Å²) in [5.41, 5.74) is 3.42. The Kier molecular flexibility index (Phi) is 6.30. The van der Waals surface area contributed by atoms with E-state index >= 15 is 0 Å². The van der Waals surface area contributed by atoms with Crippen LogP contribution in [0, 0.1) is 5.92 Å². The van der Waals surface area contributed by atoms with Crippen molar-refractivity contribution in [1.29, 1.82) is 0 Å². The smallest absolute Gasteiger partial charge is 0.168 e. The van der Waals surface area contributed by atoms with Gasteiger partial charge in [-0.15, -0.1) is 0 Å². The first-order valence-electron chi connectivity index (χ1n) is 10.3. The number of amidine groups is 2. The predicted molar refractivity (Wildman–Crippen MR) is 121 cm³/mol. The number of fused-ring (bicyclic) bond motifs is 5. The van der Waals surface area contributed by atoms with E-state index in [1.54, 1.807) is 0 Å². The third-order valence-corrected chi connectivity index (χ3v) is 5.61. The molecule has 0 aliphatic carbocycles. The van der Waals surface area contributed by atoms with Crippen molar-refractivity contribution in [3.63, 3.8) is 0 Å². The van der Waals surface area contributed by atoms with E-state index in [1.165, 1.54) is 5.56 Å². The number of hydrogen-bond donors (Lipinski definition) is 1. The molecule has 0 radical (unpaired) electrons. The zero-order valence-corrected chi connectivity index (χ0v) is 17.5. The summed E-state index contributed by atoms with van der Waals surface area (Å²) < 4.78 is 5.94. The second-order valence-corrected chi connectivity index (χ2v) is 7.86. The molecule has 0 aromatic heterocycles. The zero-order chi connectivity index (χ0) is 20.1. The van der Waals surface area contributed by atoms with Gasteiger partial charge in [-0.2, -0.15) is 0 Å². The predicted octanol–water partition coefficient (Wildman–Crippen LogP) is 5.97. The number of rotatable bonds is 1. The fraction of sp³-hybridized carbons (Fsp3) is 0.333. The number of hydrogen-bond acceptors (Lipinski definition) is 4. The van der Waals surface area contributed by atoms with Crippen LogP contribution in [0.2, 0.25) is 0 Å². The molecule has 2 heterocycles. The lowest BCUT2D eigenvalue weighted by Crippen LogP contribution is -2.23. The molecule has 2 aliphatic rings. The maximum absolute atomic E-state index is 6.53. The summed E-state index contributed by atoms with van der Waals surface area (Å²) in [5.74, 6) is 2.68. The average Bonchev–Trinajstić information content (AvgIpc) is 2.88. The SMILES string of the molecule is CCC1CC=C(Cl)C2=NCc3cccc(c3)OCCCc3cccc(c3)NC1=N2. The summed E-state index contributed by atoms with van der Waals surface area (Å²) in [5, 5.41) is 4.16. The first kappa shape index (κ1) is 19.7. The molecule has 6 bridgehead atoms. The second-order valence-electron chi connectivity index (χ2n) is 7.45. The zero-order valence-electron chi connectivity index (χ0n) is 16.7. The molecular formula is C24H26ClN3O. The van der Waals surface area contributed by atoms with Crippen LogP contribution < -0.4 is 10.1 Å². The van der Waals surface area contributed by atoms with Crippen molar-refractivity contribution in [2.75, 3.05) is 11.9 Å². The Hall–Kier alpha value is -2.59. The van der Waals surface area contributed by atoms with Crippen LogP contribution in [-0.2, 0) is 13.0 Å². The molecule has 0 fully saturated rings. The lowest BCUT2D eigenvalue weighted by Gasteiger charge is -2.17. The number of allylic oxidation sites excluding steroid dienone is 1. The van der Waals surface area contributed by atoms with Gasteiger partial charge in [0, 0.05) is 11.6 Å². The largest absolute Gasteiger partial charge is 0.494 e. The van der Waals surface area contributed by atoms with Gasteiger partial charge in [0.25, 0.3) is 0 Å². The Morgan fingerprint density at radius 3 is 2.90 bits per heavy atom. The van der Waals surface area contributed by atoms with Gasteiger partial charge >= 0.3 is 0 Å². The van der Waals surface area contributed by atoms with Crippen molar-refractivity contribution in [2.24, 2.45) is 15.9 Å². The van der Waals surface area contributed by atoms with E-state index in [9.17, 15) is 0 Å². The normalized spacial score (nSPS) is 19.7. The first-order chi connectivity index (χ1) is 14.2. The minimum Gasteiger partial charge on any atom is -0.494 e. The highest BCUT2D eigenvalue weighted by molar-refractivity contribution is 6.44. The van der Waals surface area contributed by atoms with Gasteiger partial charge in [-0.1, -0.05) is 48.9 Å². The Bertz CT molecular complexity index is 964. The summed E-state index contributed by atoms with van der Waals surface area (Å²) in [7, 11) is 0. The molecule has 29 heavy (non-hydrogen) atoms. The summed E-state index contributed by atoms with van der Waals surface area (Å²) >= 11 is 6.53. The molecule has 0 saturated carbocycles. The highest BCUT2D eigenvalue weighted by atomic mass is 35.5. The summed E-state index contributed by atoms with van der Waals surface area (Å²) in [4.78, 5) is 9.58. The summed E-state index contributed by atoms with van der Waals surface area (Å²) in [6.45, 7) is 3.38. The van der Waals surface area contributed by atoms with Crippen molar-refractivity contribution in [2.45, 2.75) is 39.2 Å². The van der Waals surface area contributed by atoms with Crippen LogP contribution in [-0.4, -0.2) is 18.3 Å². The van der Waals surface area contributed by atoms with Gasteiger partial charge in [0.05, 0.1) is 18.2 Å². The molecule has 1 unspecified atom stereocenters. The van der Waals surface area contributed by atoms with E-state index in [0.717, 1.165) is 48.5 Å². The van der Waals surface area contributed by atoms with Gasteiger partial charge in [-0.05, 0) is 61.1 Å². The molecule has 5 heteroatoms. The third-order valence-electron chi connectivity index (χ3n) is 5.29. The fourth-order valence-electron chi connectivity index (χ4n) is 3.63. The van der Waals surface area contributed by atoms with E-state index in [4.69, 9.17) is 26.3 Å². The highest BCUT2D eigenvalue weighted by Crippen LogP contribution is 2.24. The number of nitrogens with one attached hydrogen (secondary N) is 1. The number of aliphatic imine (C=N–C) groups is 2. The molecule has 2 aromatic rings. The van der Waals surface area contributed by atoms with Gasteiger partial charge < -0.3 is 10.1 Å². The van der Waals surface area contributed by atoms with Crippen molar-refractivity contribution in [3.8, 4) is 5.75 Å². The van der Waals surface area contributed by atoms with Crippen LogP contribution in [0.5, 0.6) is 5.75 Å². The van der Waals surface area contributed by atoms with Crippen LogP contribution in [0.25, 0.3) is 0 Å². The van der Waals surface area contributed by atoms with Crippen molar-refractivity contribution >= 4 is 29.0 Å². The van der Waals surface area contributed by atoms with E-state index < -0.39 is 0 Å². The quantitative estimate of drug-likeness (QED) is 0.632.